The molecule has 8 nitrogen and oxygen atoms in total. The molecule has 128 valence electrons. The molecule has 1 aliphatic rings. The molecule has 0 aliphatic carbocycles. The Balaban J connectivity index is 1.93. The summed E-state index contributed by atoms with van der Waals surface area (Å²) in [6.45, 7) is 1.13. The van der Waals surface area contributed by atoms with Crippen LogP contribution in [0.15, 0.2) is 22.8 Å². The molecule has 2 heterocycles. The normalized spacial score (nSPS) is 19.6. The Morgan fingerprint density at radius 2 is 2.33 bits per heavy atom. The van der Waals surface area contributed by atoms with Gasteiger partial charge in [-0.05, 0) is 12.1 Å². The number of amides is 2. The second kappa shape index (κ2) is 8.40. The lowest BCUT2D eigenvalue weighted by Gasteiger charge is -2.25. The molecule has 24 heavy (non-hydrogen) atoms. The van der Waals surface area contributed by atoms with Crippen LogP contribution >= 0.6 is 11.8 Å². The third kappa shape index (κ3) is 4.29. The molecule has 0 unspecified atom stereocenters. The number of hydrogen-bond donors (Lipinski definition) is 1. The van der Waals surface area contributed by atoms with Crippen molar-refractivity contribution in [1.82, 2.24) is 10.2 Å². The SMILES string of the molecule is CC(=O)N1[C@@H](C(=O)OCC(=O)NCCC#N)CS[C@@H]1c1ccco1. The van der Waals surface area contributed by atoms with E-state index in [0.29, 0.717) is 11.5 Å². The molecule has 2 atom stereocenters. The van der Waals surface area contributed by atoms with Crippen molar-refractivity contribution in [3.05, 3.63) is 24.2 Å². The number of furan rings is 1. The third-order valence-corrected chi connectivity index (χ3v) is 4.61. The summed E-state index contributed by atoms with van der Waals surface area (Å²) in [5.74, 6) is -0.454. The summed E-state index contributed by atoms with van der Waals surface area (Å²) in [4.78, 5) is 37.1. The van der Waals surface area contributed by atoms with Crippen LogP contribution in [0.4, 0.5) is 0 Å². The van der Waals surface area contributed by atoms with Gasteiger partial charge in [0.15, 0.2) is 6.61 Å². The fourth-order valence-electron chi connectivity index (χ4n) is 2.27. The largest absolute Gasteiger partial charge is 0.466 e. The first-order valence-corrected chi connectivity index (χ1v) is 8.33. The summed E-state index contributed by atoms with van der Waals surface area (Å²) in [5.41, 5.74) is 0. The molecule has 0 spiro atoms. The number of nitrogens with zero attached hydrogens (tertiary/aromatic N) is 2. The molecule has 0 radical (unpaired) electrons. The van der Waals surface area contributed by atoms with Gasteiger partial charge in [-0.2, -0.15) is 5.26 Å². The number of hydrogen-bond acceptors (Lipinski definition) is 7. The summed E-state index contributed by atoms with van der Waals surface area (Å²) in [7, 11) is 0. The highest BCUT2D eigenvalue weighted by molar-refractivity contribution is 7.99. The zero-order valence-electron chi connectivity index (χ0n) is 13.1. The molecule has 1 N–H and O–H groups in total. The van der Waals surface area contributed by atoms with Crippen LogP contribution in [0.25, 0.3) is 0 Å². The van der Waals surface area contributed by atoms with E-state index in [-0.39, 0.29) is 24.2 Å². The first kappa shape index (κ1) is 17.9. The van der Waals surface area contributed by atoms with E-state index in [0.717, 1.165) is 0 Å². The Morgan fingerprint density at radius 3 is 2.96 bits per heavy atom. The van der Waals surface area contributed by atoms with Gasteiger partial charge in [0.25, 0.3) is 5.91 Å². The topological polar surface area (TPSA) is 113 Å². The Morgan fingerprint density at radius 1 is 1.54 bits per heavy atom. The number of rotatable bonds is 6. The molecule has 2 amide bonds. The van der Waals surface area contributed by atoms with E-state index in [9.17, 15) is 14.4 Å². The van der Waals surface area contributed by atoms with Crippen molar-refractivity contribution in [2.24, 2.45) is 0 Å². The predicted octanol–water partition coefficient (Wildman–Crippen LogP) is 0.815. The standard InChI is InChI=1S/C15H17N3O5S/c1-10(19)18-11(9-24-14(18)12-4-2-7-22-12)15(21)23-8-13(20)17-6-3-5-16/h2,4,7,11,14H,3,6,8-9H2,1H3,(H,17,20)/t11-,14-/m1/s1. The van der Waals surface area contributed by atoms with Crippen LogP contribution in [-0.2, 0) is 19.1 Å². The van der Waals surface area contributed by atoms with E-state index in [1.807, 2.05) is 6.07 Å². The fourth-order valence-corrected chi connectivity index (χ4v) is 3.68. The molecule has 0 saturated carbocycles. The van der Waals surface area contributed by atoms with E-state index in [1.165, 1.54) is 29.8 Å². The Kier molecular flexibility index (Phi) is 6.26. The number of carbonyl (C=O) groups is 3. The number of carbonyl (C=O) groups excluding carboxylic acids is 3. The average molecular weight is 351 g/mol. The number of esters is 1. The van der Waals surface area contributed by atoms with Crippen LogP contribution in [0.5, 0.6) is 0 Å². The van der Waals surface area contributed by atoms with Crippen LogP contribution in [0.3, 0.4) is 0 Å². The van der Waals surface area contributed by atoms with E-state index < -0.39 is 24.5 Å². The van der Waals surface area contributed by atoms with Crippen molar-refractivity contribution in [2.75, 3.05) is 18.9 Å². The van der Waals surface area contributed by atoms with Crippen molar-refractivity contribution in [1.29, 1.82) is 5.26 Å². The van der Waals surface area contributed by atoms with Crippen molar-refractivity contribution in [2.45, 2.75) is 24.8 Å². The monoisotopic (exact) mass is 351 g/mol. The predicted molar refractivity (Wildman–Crippen MR) is 84.4 cm³/mol. The van der Waals surface area contributed by atoms with Crippen LogP contribution in [0.1, 0.15) is 24.5 Å². The van der Waals surface area contributed by atoms with Crippen LogP contribution < -0.4 is 5.32 Å². The van der Waals surface area contributed by atoms with Gasteiger partial charge in [-0.25, -0.2) is 4.79 Å². The molecule has 1 aromatic heterocycles. The van der Waals surface area contributed by atoms with Crippen LogP contribution in [-0.4, -0.2) is 47.6 Å². The van der Waals surface area contributed by atoms with Gasteiger partial charge in [-0.3, -0.25) is 9.59 Å². The summed E-state index contributed by atoms with van der Waals surface area (Å²) < 4.78 is 10.3. The minimum absolute atomic E-state index is 0.182. The van der Waals surface area contributed by atoms with Gasteiger partial charge >= 0.3 is 5.97 Å². The van der Waals surface area contributed by atoms with Crippen molar-refractivity contribution in [3.63, 3.8) is 0 Å². The highest BCUT2D eigenvalue weighted by atomic mass is 32.2. The lowest BCUT2D eigenvalue weighted by molar-refractivity contribution is -0.156. The lowest BCUT2D eigenvalue weighted by Crippen LogP contribution is -2.43. The average Bonchev–Trinajstić information content (AvgIpc) is 3.21. The zero-order chi connectivity index (χ0) is 17.5. The Bertz CT molecular complexity index is 640. The lowest BCUT2D eigenvalue weighted by atomic mass is 10.2. The molecule has 0 aromatic carbocycles. The molecule has 1 saturated heterocycles. The molecule has 2 rings (SSSR count). The van der Waals surface area contributed by atoms with Crippen molar-refractivity contribution in [3.8, 4) is 6.07 Å². The first-order chi connectivity index (χ1) is 11.5. The number of nitriles is 1. The van der Waals surface area contributed by atoms with Gasteiger partial charge in [0.2, 0.25) is 5.91 Å². The van der Waals surface area contributed by atoms with Gasteiger partial charge < -0.3 is 19.4 Å². The maximum Gasteiger partial charge on any atom is 0.330 e. The second-order valence-corrected chi connectivity index (χ2v) is 6.12. The zero-order valence-corrected chi connectivity index (χ0v) is 13.9. The van der Waals surface area contributed by atoms with Gasteiger partial charge in [-0.1, -0.05) is 0 Å². The summed E-state index contributed by atoms with van der Waals surface area (Å²) in [6.07, 6.45) is 1.69. The first-order valence-electron chi connectivity index (χ1n) is 7.28. The smallest absolute Gasteiger partial charge is 0.330 e. The summed E-state index contributed by atoms with van der Waals surface area (Å²) >= 11 is 1.40. The number of ether oxygens (including phenoxy) is 1. The molecule has 1 fully saturated rings. The quantitative estimate of drug-likeness (QED) is 0.596. The molecule has 9 heteroatoms. The molecular formula is C15H17N3O5S. The van der Waals surface area contributed by atoms with Crippen molar-refractivity contribution < 1.29 is 23.5 Å². The highest BCUT2D eigenvalue weighted by Crippen LogP contribution is 2.41. The number of thioether (sulfide) groups is 1. The van der Waals surface area contributed by atoms with E-state index in [1.54, 1.807) is 12.1 Å². The van der Waals surface area contributed by atoms with Gasteiger partial charge in [0, 0.05) is 19.2 Å². The highest BCUT2D eigenvalue weighted by Gasteiger charge is 2.43. The Hall–Kier alpha value is -2.47. The van der Waals surface area contributed by atoms with Crippen LogP contribution in [0.2, 0.25) is 0 Å². The minimum Gasteiger partial charge on any atom is -0.466 e. The third-order valence-electron chi connectivity index (χ3n) is 3.33. The van der Waals surface area contributed by atoms with Crippen LogP contribution in [0, 0.1) is 11.3 Å². The molecule has 1 aliphatic heterocycles. The molecule has 1 aromatic rings. The van der Waals surface area contributed by atoms with E-state index in [2.05, 4.69) is 5.32 Å². The maximum atomic E-state index is 12.2. The molecule has 0 bridgehead atoms. The Labute approximate surface area is 143 Å². The minimum atomic E-state index is -0.769. The van der Waals surface area contributed by atoms with Gasteiger partial charge in [0.1, 0.15) is 17.2 Å². The summed E-state index contributed by atoms with van der Waals surface area (Å²) in [6, 6.07) is 4.58. The van der Waals surface area contributed by atoms with Crippen molar-refractivity contribution >= 4 is 29.5 Å². The van der Waals surface area contributed by atoms with E-state index in [4.69, 9.17) is 14.4 Å². The maximum absolute atomic E-state index is 12.2. The van der Waals surface area contributed by atoms with E-state index >= 15 is 0 Å². The second-order valence-electron chi connectivity index (χ2n) is 5.01. The molecular weight excluding hydrogens is 334 g/mol. The number of nitrogens with one attached hydrogen (secondary N) is 1. The van der Waals surface area contributed by atoms with Gasteiger partial charge in [-0.15, -0.1) is 11.8 Å². The van der Waals surface area contributed by atoms with Gasteiger partial charge in [0.05, 0.1) is 18.8 Å². The summed E-state index contributed by atoms with van der Waals surface area (Å²) in [5, 5.41) is 10.5. The fraction of sp³-hybridized carbons (Fsp3) is 0.467.